The average Bonchev–Trinajstić information content (AvgIpc) is 3.40. The van der Waals surface area contributed by atoms with Crippen molar-refractivity contribution < 1.29 is 33.1 Å². The molecule has 0 spiro atoms. The van der Waals surface area contributed by atoms with Gasteiger partial charge in [0.25, 0.3) is 0 Å². The highest BCUT2D eigenvalue weighted by Gasteiger charge is 2.28. The lowest BCUT2D eigenvalue weighted by atomic mass is 10.0. The van der Waals surface area contributed by atoms with Gasteiger partial charge in [0.15, 0.2) is 10.8 Å². The lowest BCUT2D eigenvalue weighted by molar-refractivity contribution is -0.153. The number of amides is 2. The average molecular weight is 593 g/mol. The summed E-state index contributed by atoms with van der Waals surface area (Å²) in [5, 5.41) is 5.60. The van der Waals surface area contributed by atoms with Gasteiger partial charge < -0.3 is 24.5 Å². The maximum atomic E-state index is 13.1. The second-order valence-electron chi connectivity index (χ2n) is 10.1. The number of aromatic nitrogens is 1. The molecule has 1 aromatic rings. The summed E-state index contributed by atoms with van der Waals surface area (Å²) in [7, 11) is 1.53. The number of nitrogens with zero attached hydrogens (tertiary/aromatic N) is 2. The summed E-state index contributed by atoms with van der Waals surface area (Å²) >= 11 is 1.29. The maximum Gasteiger partial charge on any atom is 0.329 e. The van der Waals surface area contributed by atoms with E-state index in [1.165, 1.54) is 37.9 Å². The molecule has 1 aliphatic heterocycles. The Morgan fingerprint density at radius 2 is 1.98 bits per heavy atom. The number of allylic oxidation sites excluding steroid dienone is 1. The first-order valence-electron chi connectivity index (χ1n) is 14.4. The van der Waals surface area contributed by atoms with Crippen LogP contribution in [0.1, 0.15) is 90.1 Å². The van der Waals surface area contributed by atoms with Gasteiger partial charge in [-0.15, -0.1) is 0 Å². The van der Waals surface area contributed by atoms with Gasteiger partial charge in [-0.1, -0.05) is 64.3 Å². The molecule has 0 saturated heterocycles. The summed E-state index contributed by atoms with van der Waals surface area (Å²) in [6.07, 6.45) is 10.5. The molecule has 2 rings (SSSR count). The number of ether oxygens (including phenoxy) is 2. The lowest BCUT2D eigenvalue weighted by Crippen LogP contribution is -2.46. The molecule has 0 aromatic carbocycles. The van der Waals surface area contributed by atoms with Gasteiger partial charge in [-0.2, -0.15) is 0 Å². The molecule has 2 atom stereocenters. The number of aliphatic imine (C=N–C) groups is 1. The normalized spacial score (nSPS) is 20.4. The van der Waals surface area contributed by atoms with E-state index in [1.54, 1.807) is 19.9 Å². The third-order valence-electron chi connectivity index (χ3n) is 6.25. The Balaban J connectivity index is 2.04. The van der Waals surface area contributed by atoms with Gasteiger partial charge in [0.2, 0.25) is 23.6 Å². The smallest absolute Gasteiger partial charge is 0.329 e. The number of rotatable bonds is 11. The Labute approximate surface area is 246 Å². The summed E-state index contributed by atoms with van der Waals surface area (Å²) in [6, 6.07) is -0.903. The van der Waals surface area contributed by atoms with Crippen LogP contribution in [0.5, 0.6) is 0 Å². The molecule has 0 radical (unpaired) electrons. The van der Waals surface area contributed by atoms with Gasteiger partial charge in [-0.05, 0) is 24.8 Å². The molecule has 41 heavy (non-hydrogen) atoms. The highest BCUT2D eigenvalue weighted by atomic mass is 32.2. The maximum absolute atomic E-state index is 13.1. The third kappa shape index (κ3) is 13.4. The van der Waals surface area contributed by atoms with Crippen LogP contribution in [0.2, 0.25) is 0 Å². The first-order chi connectivity index (χ1) is 19.7. The zero-order valence-corrected chi connectivity index (χ0v) is 25.4. The second-order valence-corrected chi connectivity index (χ2v) is 11.3. The van der Waals surface area contributed by atoms with E-state index >= 15 is 0 Å². The summed E-state index contributed by atoms with van der Waals surface area (Å²) < 4.78 is 16.7. The van der Waals surface area contributed by atoms with Crippen LogP contribution in [-0.4, -0.2) is 65.3 Å². The van der Waals surface area contributed by atoms with Crippen LogP contribution in [0.25, 0.3) is 0 Å². The van der Waals surface area contributed by atoms with E-state index in [-0.39, 0.29) is 54.7 Å². The van der Waals surface area contributed by atoms with Crippen LogP contribution in [0.4, 0.5) is 0 Å². The number of unbranched alkanes of at least 4 members (excludes halogenated alkanes) is 4. The number of hydrogen-bond donors (Lipinski definition) is 2. The number of carbonyl (C=O) groups is 4. The van der Waals surface area contributed by atoms with Gasteiger partial charge in [-0.3, -0.25) is 19.4 Å². The van der Waals surface area contributed by atoms with Crippen molar-refractivity contribution in [1.29, 1.82) is 0 Å². The topological polar surface area (TPSA) is 149 Å². The SMILES string of the molecule is CCCCCCCC(=O)SCC/C=C/C1CC(=O)NCc2nc(co2)C(=NC)OCCC(=O)N[C@@H](C(C)C)C(=O)O1. The van der Waals surface area contributed by atoms with Gasteiger partial charge in [0, 0.05) is 19.2 Å². The number of thioether (sulfide) groups is 1. The highest BCUT2D eigenvalue weighted by Crippen LogP contribution is 2.15. The molecular weight excluding hydrogens is 548 g/mol. The van der Waals surface area contributed by atoms with Crippen LogP contribution in [0.15, 0.2) is 27.8 Å². The van der Waals surface area contributed by atoms with Gasteiger partial charge in [-0.25, -0.2) is 9.78 Å². The van der Waals surface area contributed by atoms with Crippen LogP contribution in [-0.2, 0) is 35.2 Å². The minimum atomic E-state index is -0.903. The quantitative estimate of drug-likeness (QED) is 0.220. The molecule has 12 heteroatoms. The van der Waals surface area contributed by atoms with Crippen LogP contribution in [0, 0.1) is 5.92 Å². The fourth-order valence-corrected chi connectivity index (χ4v) is 4.73. The van der Waals surface area contributed by atoms with Crippen LogP contribution >= 0.6 is 11.8 Å². The summed E-state index contributed by atoms with van der Waals surface area (Å²) in [5.41, 5.74) is 0.341. The molecule has 1 aromatic heterocycles. The Kier molecular flexibility index (Phi) is 15.8. The molecule has 2 bridgehead atoms. The van der Waals surface area contributed by atoms with Crippen molar-refractivity contribution in [3.05, 3.63) is 30.0 Å². The van der Waals surface area contributed by atoms with Crippen molar-refractivity contribution in [1.82, 2.24) is 15.6 Å². The fraction of sp³-hybridized carbons (Fsp3) is 0.655. The van der Waals surface area contributed by atoms with E-state index in [9.17, 15) is 19.2 Å². The zero-order valence-electron chi connectivity index (χ0n) is 24.6. The molecular formula is C29H44N4O7S. The van der Waals surface area contributed by atoms with Gasteiger partial charge in [0.05, 0.1) is 26.0 Å². The summed E-state index contributed by atoms with van der Waals surface area (Å²) in [4.78, 5) is 58.8. The molecule has 11 nitrogen and oxygen atoms in total. The fourth-order valence-electron chi connectivity index (χ4n) is 3.96. The van der Waals surface area contributed by atoms with Gasteiger partial charge in [0.1, 0.15) is 18.4 Å². The number of esters is 1. The van der Waals surface area contributed by atoms with E-state index < -0.39 is 24.0 Å². The first-order valence-corrected chi connectivity index (χ1v) is 15.3. The van der Waals surface area contributed by atoms with Crippen molar-refractivity contribution in [3.8, 4) is 0 Å². The number of nitrogens with one attached hydrogen (secondary N) is 2. The van der Waals surface area contributed by atoms with Crippen LogP contribution in [0.3, 0.4) is 0 Å². The standard InChI is InChI=1S/C29H44N4O7S/c1-5-6-7-8-9-13-26(36)41-16-11-10-12-21-17-24(35)31-18-25-32-22(19-39-25)28(30-4)38-15-14-23(34)33-27(20(2)3)29(37)40-21/h10,12,19-21,27H,5-9,11,13-18H2,1-4H3,(H,31,35)(H,33,34)/b12-10+,30-28?/t21?,27-/m0/s1. The van der Waals surface area contributed by atoms with Crippen molar-refractivity contribution in [2.24, 2.45) is 10.9 Å². The first kappa shape index (κ1) is 34.1. The minimum absolute atomic E-state index is 0.0152. The number of cyclic esters (lactones) is 1. The molecule has 0 fully saturated rings. The molecule has 2 heterocycles. The van der Waals surface area contributed by atoms with E-state index in [4.69, 9.17) is 13.9 Å². The summed E-state index contributed by atoms with van der Waals surface area (Å²) in [6.45, 7) is 5.79. The molecule has 0 saturated carbocycles. The molecule has 2 amide bonds. The second kappa shape index (κ2) is 19.1. The lowest BCUT2D eigenvalue weighted by Gasteiger charge is -2.23. The number of carbonyl (C=O) groups excluding carboxylic acids is 4. The van der Waals surface area contributed by atoms with Crippen molar-refractivity contribution >= 4 is 40.6 Å². The molecule has 0 aliphatic carbocycles. The predicted octanol–water partition coefficient (Wildman–Crippen LogP) is 4.10. The molecule has 1 unspecified atom stereocenters. The number of oxazole rings is 1. The minimum Gasteiger partial charge on any atom is -0.476 e. The van der Waals surface area contributed by atoms with Crippen molar-refractivity contribution in [3.63, 3.8) is 0 Å². The number of fused-ring (bicyclic) bond motifs is 2. The van der Waals surface area contributed by atoms with Crippen molar-refractivity contribution in [2.75, 3.05) is 19.4 Å². The Morgan fingerprint density at radius 3 is 2.71 bits per heavy atom. The van der Waals surface area contributed by atoms with Crippen LogP contribution < -0.4 is 10.6 Å². The summed E-state index contributed by atoms with van der Waals surface area (Å²) in [5.74, 6) is -0.622. The van der Waals surface area contributed by atoms with E-state index in [2.05, 4.69) is 27.5 Å². The highest BCUT2D eigenvalue weighted by molar-refractivity contribution is 8.13. The Bertz CT molecular complexity index is 1050. The molecule has 228 valence electrons. The third-order valence-corrected chi connectivity index (χ3v) is 7.22. The molecule has 1 aliphatic rings. The number of hydrogen-bond acceptors (Lipinski definition) is 10. The van der Waals surface area contributed by atoms with E-state index in [1.807, 2.05) is 6.08 Å². The van der Waals surface area contributed by atoms with Crippen molar-refractivity contribution in [2.45, 2.75) is 97.2 Å². The van der Waals surface area contributed by atoms with E-state index in [0.717, 1.165) is 19.3 Å². The van der Waals surface area contributed by atoms with E-state index in [0.29, 0.717) is 24.3 Å². The van der Waals surface area contributed by atoms with Gasteiger partial charge >= 0.3 is 5.97 Å². The Morgan fingerprint density at radius 1 is 1.20 bits per heavy atom. The zero-order chi connectivity index (χ0) is 30.0. The monoisotopic (exact) mass is 592 g/mol. The molecule has 2 N–H and O–H groups in total. The Hall–Kier alpha value is -3.15. The largest absolute Gasteiger partial charge is 0.476 e. The predicted molar refractivity (Wildman–Crippen MR) is 157 cm³/mol.